The van der Waals surface area contributed by atoms with E-state index in [1.54, 1.807) is 7.05 Å². The van der Waals surface area contributed by atoms with Gasteiger partial charge in [-0.1, -0.05) is 37.3 Å². The van der Waals surface area contributed by atoms with Crippen LogP contribution >= 0.6 is 0 Å². The van der Waals surface area contributed by atoms with Crippen LogP contribution < -0.4 is 5.32 Å². The Morgan fingerprint density at radius 2 is 1.71 bits per heavy atom. The average Bonchev–Trinajstić information content (AvgIpc) is 2.57. The number of nitrogens with zero attached hydrogens (tertiary/aromatic N) is 1. The Morgan fingerprint density at radius 3 is 2.33 bits per heavy atom. The Hall–Kier alpha value is -2.69. The molecule has 0 spiro atoms. The number of amides is 2. The highest BCUT2D eigenvalue weighted by molar-refractivity contribution is 5.94. The van der Waals surface area contributed by atoms with Gasteiger partial charge in [-0.3, -0.25) is 9.59 Å². The topological polar surface area (TPSA) is 49.4 Å². The van der Waals surface area contributed by atoms with E-state index >= 15 is 0 Å². The smallest absolute Gasteiger partial charge is 0.243 e. The van der Waals surface area contributed by atoms with Gasteiger partial charge < -0.3 is 10.2 Å². The van der Waals surface area contributed by atoms with Gasteiger partial charge in [0.15, 0.2) is 0 Å². The van der Waals surface area contributed by atoms with E-state index in [4.69, 9.17) is 0 Å². The van der Waals surface area contributed by atoms with Gasteiger partial charge >= 0.3 is 0 Å². The molecular formula is C19H21FN2O2. The zero-order valence-corrected chi connectivity index (χ0v) is 13.8. The summed E-state index contributed by atoms with van der Waals surface area (Å²) in [6, 6.07) is 15.3. The Morgan fingerprint density at radius 1 is 1.08 bits per heavy atom. The first kappa shape index (κ1) is 17.7. The summed E-state index contributed by atoms with van der Waals surface area (Å²) in [6.07, 6.45) is 0.338. The molecule has 2 amide bonds. The fourth-order valence-corrected chi connectivity index (χ4v) is 2.35. The van der Waals surface area contributed by atoms with Gasteiger partial charge in [-0.25, -0.2) is 4.39 Å². The first-order valence-electron chi connectivity index (χ1n) is 7.80. The molecule has 0 aromatic heterocycles. The minimum atomic E-state index is -0.366. The predicted octanol–water partition coefficient (Wildman–Crippen LogP) is 3.42. The maximum Gasteiger partial charge on any atom is 0.243 e. The third-order valence-electron chi connectivity index (χ3n) is 3.78. The SMILES string of the molecule is C[C@H](CC(=O)N(C)CC(=O)Nc1ccc(F)cc1)c1ccccc1. The molecule has 1 atom stereocenters. The average molecular weight is 328 g/mol. The summed E-state index contributed by atoms with van der Waals surface area (Å²) in [5.41, 5.74) is 1.59. The molecule has 2 rings (SSSR count). The number of hydrogen-bond acceptors (Lipinski definition) is 2. The number of carbonyl (C=O) groups excluding carboxylic acids is 2. The van der Waals surface area contributed by atoms with Crippen molar-refractivity contribution in [1.29, 1.82) is 0 Å². The second kappa shape index (κ2) is 8.24. The molecule has 5 heteroatoms. The van der Waals surface area contributed by atoms with Crippen molar-refractivity contribution in [3.8, 4) is 0 Å². The number of anilines is 1. The quantitative estimate of drug-likeness (QED) is 0.883. The molecule has 2 aromatic carbocycles. The predicted molar refractivity (Wildman–Crippen MR) is 92.1 cm³/mol. The van der Waals surface area contributed by atoms with Gasteiger partial charge in [-0.2, -0.15) is 0 Å². The molecule has 0 aliphatic carbocycles. The molecule has 0 saturated carbocycles. The number of nitrogens with one attached hydrogen (secondary N) is 1. The van der Waals surface area contributed by atoms with E-state index in [9.17, 15) is 14.0 Å². The van der Waals surface area contributed by atoms with E-state index in [-0.39, 0.29) is 30.1 Å². The van der Waals surface area contributed by atoms with E-state index in [1.807, 2.05) is 37.3 Å². The largest absolute Gasteiger partial charge is 0.336 e. The lowest BCUT2D eigenvalue weighted by Crippen LogP contribution is -2.35. The molecule has 2 aromatic rings. The molecule has 4 nitrogen and oxygen atoms in total. The highest BCUT2D eigenvalue weighted by Crippen LogP contribution is 2.19. The molecule has 0 heterocycles. The molecule has 24 heavy (non-hydrogen) atoms. The summed E-state index contributed by atoms with van der Waals surface area (Å²) < 4.78 is 12.8. The van der Waals surface area contributed by atoms with Crippen molar-refractivity contribution >= 4 is 17.5 Å². The van der Waals surface area contributed by atoms with Gasteiger partial charge in [0.1, 0.15) is 5.82 Å². The Labute approximate surface area is 141 Å². The van der Waals surface area contributed by atoms with Crippen molar-refractivity contribution in [1.82, 2.24) is 4.90 Å². The van der Waals surface area contributed by atoms with E-state index in [1.165, 1.54) is 29.2 Å². The van der Waals surface area contributed by atoms with Crippen molar-refractivity contribution in [2.24, 2.45) is 0 Å². The molecule has 126 valence electrons. The number of carbonyl (C=O) groups is 2. The number of benzene rings is 2. The van der Waals surface area contributed by atoms with Gasteiger partial charge in [-0.05, 0) is 35.7 Å². The summed E-state index contributed by atoms with van der Waals surface area (Å²) >= 11 is 0. The molecule has 0 aliphatic rings. The van der Waals surface area contributed by atoms with Crippen LogP contribution in [0.4, 0.5) is 10.1 Å². The first-order chi connectivity index (χ1) is 11.5. The van der Waals surface area contributed by atoms with Crippen molar-refractivity contribution in [2.75, 3.05) is 18.9 Å². The van der Waals surface area contributed by atoms with Crippen LogP contribution in [0.1, 0.15) is 24.8 Å². The molecule has 0 bridgehead atoms. The van der Waals surface area contributed by atoms with Crippen LogP contribution in [0, 0.1) is 5.82 Å². The molecular weight excluding hydrogens is 307 g/mol. The van der Waals surface area contributed by atoms with Gasteiger partial charge in [0, 0.05) is 19.2 Å². The van der Waals surface area contributed by atoms with E-state index in [0.717, 1.165) is 5.56 Å². The van der Waals surface area contributed by atoms with Gasteiger partial charge in [0.25, 0.3) is 0 Å². The van der Waals surface area contributed by atoms with Gasteiger partial charge in [0.05, 0.1) is 6.54 Å². The zero-order chi connectivity index (χ0) is 17.5. The highest BCUT2D eigenvalue weighted by Gasteiger charge is 2.17. The minimum absolute atomic E-state index is 0.0439. The van der Waals surface area contributed by atoms with Crippen LogP contribution in [0.5, 0.6) is 0 Å². The Kier molecular flexibility index (Phi) is 6.07. The Balaban J connectivity index is 1.84. The standard InChI is InChI=1S/C19H21FN2O2/c1-14(15-6-4-3-5-7-15)12-19(24)22(2)13-18(23)21-17-10-8-16(20)9-11-17/h3-11,14H,12-13H2,1-2H3,(H,21,23)/t14-/m1/s1. The van der Waals surface area contributed by atoms with Crippen LogP contribution in [0.3, 0.4) is 0 Å². The summed E-state index contributed by atoms with van der Waals surface area (Å²) in [4.78, 5) is 25.6. The lowest BCUT2D eigenvalue weighted by atomic mass is 9.97. The number of likely N-dealkylation sites (N-methyl/N-ethyl adjacent to an activating group) is 1. The van der Waals surface area contributed by atoms with Crippen LogP contribution in [-0.2, 0) is 9.59 Å². The number of halogens is 1. The second-order valence-corrected chi connectivity index (χ2v) is 5.82. The van der Waals surface area contributed by atoms with Crippen molar-refractivity contribution in [2.45, 2.75) is 19.3 Å². The van der Waals surface area contributed by atoms with Crippen molar-refractivity contribution < 1.29 is 14.0 Å². The highest BCUT2D eigenvalue weighted by atomic mass is 19.1. The lowest BCUT2D eigenvalue weighted by molar-refractivity contribution is -0.133. The molecule has 0 aliphatic heterocycles. The Bertz CT molecular complexity index is 686. The normalized spacial score (nSPS) is 11.6. The molecule has 0 saturated heterocycles. The van der Waals surface area contributed by atoms with Crippen LogP contribution in [0.25, 0.3) is 0 Å². The fourth-order valence-electron chi connectivity index (χ4n) is 2.35. The van der Waals surface area contributed by atoms with Crippen LogP contribution in [0.2, 0.25) is 0 Å². The monoisotopic (exact) mass is 328 g/mol. The summed E-state index contributed by atoms with van der Waals surface area (Å²) in [7, 11) is 1.60. The fraction of sp³-hybridized carbons (Fsp3) is 0.263. The maximum absolute atomic E-state index is 12.8. The second-order valence-electron chi connectivity index (χ2n) is 5.82. The van der Waals surface area contributed by atoms with Crippen LogP contribution in [-0.4, -0.2) is 30.3 Å². The van der Waals surface area contributed by atoms with E-state index in [2.05, 4.69) is 5.32 Å². The van der Waals surface area contributed by atoms with Crippen molar-refractivity contribution in [3.05, 3.63) is 66.0 Å². The summed E-state index contributed by atoms with van der Waals surface area (Å²) in [5.74, 6) is -0.693. The van der Waals surface area contributed by atoms with Gasteiger partial charge in [0.2, 0.25) is 11.8 Å². The zero-order valence-electron chi connectivity index (χ0n) is 13.8. The molecule has 1 N–H and O–H groups in total. The summed E-state index contributed by atoms with van der Waals surface area (Å²) in [5, 5.41) is 2.64. The molecule has 0 fully saturated rings. The lowest BCUT2D eigenvalue weighted by Gasteiger charge is -2.19. The maximum atomic E-state index is 12.8. The van der Waals surface area contributed by atoms with E-state index < -0.39 is 0 Å². The third-order valence-corrected chi connectivity index (χ3v) is 3.78. The van der Waals surface area contributed by atoms with Gasteiger partial charge in [-0.15, -0.1) is 0 Å². The van der Waals surface area contributed by atoms with Crippen LogP contribution in [0.15, 0.2) is 54.6 Å². The molecule has 0 unspecified atom stereocenters. The minimum Gasteiger partial charge on any atom is -0.336 e. The van der Waals surface area contributed by atoms with Crippen molar-refractivity contribution in [3.63, 3.8) is 0 Å². The number of rotatable bonds is 6. The third kappa shape index (κ3) is 5.19. The first-order valence-corrected chi connectivity index (χ1v) is 7.80. The number of hydrogen-bond donors (Lipinski definition) is 1. The van der Waals surface area contributed by atoms with E-state index in [0.29, 0.717) is 12.1 Å². The summed E-state index contributed by atoms with van der Waals surface area (Å²) in [6.45, 7) is 1.94. The molecule has 0 radical (unpaired) electrons.